The second kappa shape index (κ2) is 5.38. The molecule has 0 fully saturated rings. The van der Waals surface area contributed by atoms with Crippen LogP contribution in [0.4, 0.5) is 4.39 Å². The molecule has 0 aliphatic carbocycles. The standard InChI is InChI=1S/C15H14FN3O/c1-17-9-8-14-18-19-15(20-14)12-6-7-13(16)11-5-3-2-4-10(11)12/h2-7,17H,8-9H2,1H3. The number of aromatic nitrogens is 2. The Morgan fingerprint density at radius 3 is 2.70 bits per heavy atom. The number of likely N-dealkylation sites (N-methyl/N-ethyl adjacent to an activating group) is 1. The maximum atomic E-state index is 13.8. The highest BCUT2D eigenvalue weighted by Gasteiger charge is 2.13. The first-order chi connectivity index (χ1) is 9.79. The molecule has 0 saturated carbocycles. The van der Waals surface area contributed by atoms with E-state index in [-0.39, 0.29) is 5.82 Å². The lowest BCUT2D eigenvalue weighted by molar-refractivity contribution is 0.500. The molecule has 0 atom stereocenters. The van der Waals surface area contributed by atoms with Crippen molar-refractivity contribution in [1.82, 2.24) is 15.5 Å². The van der Waals surface area contributed by atoms with Gasteiger partial charge in [-0.25, -0.2) is 4.39 Å². The summed E-state index contributed by atoms with van der Waals surface area (Å²) in [6.07, 6.45) is 0.669. The van der Waals surface area contributed by atoms with E-state index < -0.39 is 0 Å². The van der Waals surface area contributed by atoms with Crippen molar-refractivity contribution in [3.05, 3.63) is 48.1 Å². The van der Waals surface area contributed by atoms with Crippen LogP contribution in [0.2, 0.25) is 0 Å². The van der Waals surface area contributed by atoms with Gasteiger partial charge in [0.05, 0.1) is 0 Å². The number of halogens is 1. The Hall–Kier alpha value is -2.27. The maximum Gasteiger partial charge on any atom is 0.248 e. The fraction of sp³-hybridized carbons (Fsp3) is 0.200. The van der Waals surface area contributed by atoms with E-state index in [2.05, 4.69) is 15.5 Å². The second-order valence-corrected chi connectivity index (χ2v) is 4.50. The van der Waals surface area contributed by atoms with Crippen molar-refractivity contribution in [1.29, 1.82) is 0 Å². The van der Waals surface area contributed by atoms with Gasteiger partial charge in [-0.3, -0.25) is 0 Å². The smallest absolute Gasteiger partial charge is 0.248 e. The van der Waals surface area contributed by atoms with Crippen LogP contribution in [0.1, 0.15) is 5.89 Å². The van der Waals surface area contributed by atoms with Gasteiger partial charge in [-0.2, -0.15) is 0 Å². The van der Waals surface area contributed by atoms with Gasteiger partial charge in [-0.15, -0.1) is 10.2 Å². The van der Waals surface area contributed by atoms with Crippen LogP contribution < -0.4 is 5.32 Å². The topological polar surface area (TPSA) is 51.0 Å². The molecule has 0 unspecified atom stereocenters. The summed E-state index contributed by atoms with van der Waals surface area (Å²) in [5, 5.41) is 12.4. The van der Waals surface area contributed by atoms with Crippen LogP contribution in [0.25, 0.3) is 22.2 Å². The molecule has 3 aromatic rings. The molecule has 102 valence electrons. The summed E-state index contributed by atoms with van der Waals surface area (Å²) in [7, 11) is 1.87. The summed E-state index contributed by atoms with van der Waals surface area (Å²) >= 11 is 0. The number of nitrogens with one attached hydrogen (secondary N) is 1. The monoisotopic (exact) mass is 271 g/mol. The van der Waals surface area contributed by atoms with Crippen LogP contribution in [0.15, 0.2) is 40.8 Å². The van der Waals surface area contributed by atoms with Crippen LogP contribution in [-0.2, 0) is 6.42 Å². The lowest BCUT2D eigenvalue weighted by Crippen LogP contribution is -2.10. The molecule has 4 nitrogen and oxygen atoms in total. The first kappa shape index (κ1) is 12.7. The van der Waals surface area contributed by atoms with Crippen molar-refractivity contribution < 1.29 is 8.81 Å². The van der Waals surface area contributed by atoms with Gasteiger partial charge in [0.2, 0.25) is 11.8 Å². The predicted octanol–water partition coefficient (Wildman–Crippen LogP) is 2.79. The van der Waals surface area contributed by atoms with Crippen LogP contribution in [-0.4, -0.2) is 23.8 Å². The fourth-order valence-corrected chi connectivity index (χ4v) is 2.14. The van der Waals surface area contributed by atoms with E-state index in [0.29, 0.717) is 23.6 Å². The first-order valence-corrected chi connectivity index (χ1v) is 6.44. The minimum atomic E-state index is -0.251. The zero-order valence-corrected chi connectivity index (χ0v) is 11.1. The third-order valence-electron chi connectivity index (χ3n) is 3.16. The predicted molar refractivity (Wildman–Crippen MR) is 74.8 cm³/mol. The van der Waals surface area contributed by atoms with Crippen molar-refractivity contribution in [2.24, 2.45) is 0 Å². The highest BCUT2D eigenvalue weighted by Crippen LogP contribution is 2.29. The zero-order valence-electron chi connectivity index (χ0n) is 11.1. The average molecular weight is 271 g/mol. The van der Waals surface area contributed by atoms with E-state index in [1.165, 1.54) is 6.07 Å². The lowest BCUT2D eigenvalue weighted by atomic mass is 10.0. The fourth-order valence-electron chi connectivity index (χ4n) is 2.14. The van der Waals surface area contributed by atoms with E-state index in [1.54, 1.807) is 18.2 Å². The van der Waals surface area contributed by atoms with E-state index in [4.69, 9.17) is 4.42 Å². The van der Waals surface area contributed by atoms with Crippen LogP contribution in [0, 0.1) is 5.82 Å². The quantitative estimate of drug-likeness (QED) is 0.792. The highest BCUT2D eigenvalue weighted by atomic mass is 19.1. The summed E-state index contributed by atoms with van der Waals surface area (Å²) in [6, 6.07) is 10.4. The Bertz CT molecular complexity index is 739. The lowest BCUT2D eigenvalue weighted by Gasteiger charge is -2.03. The van der Waals surface area contributed by atoms with Gasteiger partial charge in [0.1, 0.15) is 5.82 Å². The highest BCUT2D eigenvalue weighted by molar-refractivity contribution is 5.95. The summed E-state index contributed by atoms with van der Waals surface area (Å²) in [5.74, 6) is 0.745. The largest absolute Gasteiger partial charge is 0.421 e. The number of benzene rings is 2. The number of fused-ring (bicyclic) bond motifs is 1. The molecule has 0 saturated heterocycles. The number of nitrogens with zero attached hydrogens (tertiary/aromatic N) is 2. The Morgan fingerprint density at radius 1 is 1.10 bits per heavy atom. The first-order valence-electron chi connectivity index (χ1n) is 6.44. The molecule has 1 N–H and O–H groups in total. The maximum absolute atomic E-state index is 13.8. The van der Waals surface area contributed by atoms with E-state index in [1.807, 2.05) is 19.2 Å². The molecule has 0 aliphatic heterocycles. The Morgan fingerprint density at radius 2 is 1.90 bits per heavy atom. The van der Waals surface area contributed by atoms with Crippen LogP contribution in [0.3, 0.4) is 0 Å². The summed E-state index contributed by atoms with van der Waals surface area (Å²) in [6.45, 7) is 0.770. The van der Waals surface area contributed by atoms with Crippen molar-refractivity contribution >= 4 is 10.8 Å². The molecule has 0 amide bonds. The van der Waals surface area contributed by atoms with E-state index in [0.717, 1.165) is 17.5 Å². The van der Waals surface area contributed by atoms with Crippen molar-refractivity contribution in [2.45, 2.75) is 6.42 Å². The molecule has 1 heterocycles. The number of rotatable bonds is 4. The molecule has 5 heteroatoms. The Kier molecular flexibility index (Phi) is 3.43. The van der Waals surface area contributed by atoms with E-state index in [9.17, 15) is 4.39 Å². The Labute approximate surface area is 115 Å². The minimum Gasteiger partial charge on any atom is -0.421 e. The van der Waals surface area contributed by atoms with Crippen LogP contribution >= 0.6 is 0 Å². The third-order valence-corrected chi connectivity index (χ3v) is 3.16. The zero-order chi connectivity index (χ0) is 13.9. The molecule has 0 bridgehead atoms. The van der Waals surface area contributed by atoms with Gasteiger partial charge in [0.15, 0.2) is 0 Å². The molecule has 0 aliphatic rings. The third kappa shape index (κ3) is 2.28. The minimum absolute atomic E-state index is 0.251. The molecular weight excluding hydrogens is 257 g/mol. The van der Waals surface area contributed by atoms with Gasteiger partial charge in [-0.1, -0.05) is 24.3 Å². The van der Waals surface area contributed by atoms with Gasteiger partial charge in [0, 0.05) is 23.9 Å². The molecule has 0 radical (unpaired) electrons. The van der Waals surface area contributed by atoms with Crippen molar-refractivity contribution in [3.63, 3.8) is 0 Å². The van der Waals surface area contributed by atoms with Gasteiger partial charge in [-0.05, 0) is 24.6 Å². The molecule has 20 heavy (non-hydrogen) atoms. The summed E-state index contributed by atoms with van der Waals surface area (Å²) < 4.78 is 19.4. The molecule has 0 spiro atoms. The molecule has 2 aromatic carbocycles. The Balaban J connectivity index is 2.06. The van der Waals surface area contributed by atoms with Crippen LogP contribution in [0.5, 0.6) is 0 Å². The average Bonchev–Trinajstić information content (AvgIpc) is 2.94. The van der Waals surface area contributed by atoms with Gasteiger partial charge < -0.3 is 9.73 Å². The SMILES string of the molecule is CNCCc1nnc(-c2ccc(F)c3ccccc23)o1. The van der Waals surface area contributed by atoms with Crippen molar-refractivity contribution in [2.75, 3.05) is 13.6 Å². The molecular formula is C15H14FN3O. The number of hydrogen-bond acceptors (Lipinski definition) is 4. The molecule has 3 rings (SSSR count). The second-order valence-electron chi connectivity index (χ2n) is 4.50. The summed E-state index contributed by atoms with van der Waals surface area (Å²) in [5.41, 5.74) is 0.755. The summed E-state index contributed by atoms with van der Waals surface area (Å²) in [4.78, 5) is 0. The van der Waals surface area contributed by atoms with E-state index >= 15 is 0 Å². The van der Waals surface area contributed by atoms with Gasteiger partial charge in [0.25, 0.3) is 0 Å². The molecule has 1 aromatic heterocycles. The normalized spacial score (nSPS) is 11.1. The van der Waals surface area contributed by atoms with Gasteiger partial charge >= 0.3 is 0 Å². The number of hydrogen-bond donors (Lipinski definition) is 1. The van der Waals surface area contributed by atoms with Crippen molar-refractivity contribution in [3.8, 4) is 11.5 Å².